The van der Waals surface area contributed by atoms with Crippen molar-refractivity contribution in [2.75, 3.05) is 26.7 Å². The molecule has 0 saturated carbocycles. The van der Waals surface area contributed by atoms with Gasteiger partial charge in [0.25, 0.3) is 5.91 Å². The molecule has 1 saturated heterocycles. The lowest BCUT2D eigenvalue weighted by Crippen LogP contribution is -2.39. The number of benzene rings is 1. The van der Waals surface area contributed by atoms with E-state index in [1.54, 1.807) is 19.2 Å². The zero-order valence-corrected chi connectivity index (χ0v) is 17.8. The van der Waals surface area contributed by atoms with Crippen LogP contribution in [0.5, 0.6) is 0 Å². The maximum atomic E-state index is 12.6. The molecule has 1 heterocycles. The number of nitrogens with one attached hydrogen (secondary N) is 1. The normalized spacial score (nSPS) is 18.8. The number of rotatable bonds is 8. The predicted octanol–water partition coefficient (Wildman–Crippen LogP) is 2.71. The Morgan fingerprint density at radius 1 is 1.33 bits per heavy atom. The summed E-state index contributed by atoms with van der Waals surface area (Å²) in [6, 6.07) is 6.72. The summed E-state index contributed by atoms with van der Waals surface area (Å²) in [5.41, 5.74) is 0.375. The van der Waals surface area contributed by atoms with Crippen molar-refractivity contribution < 1.29 is 13.2 Å². The smallest absolute Gasteiger partial charge is 0.251 e. The molecule has 7 heteroatoms. The number of amides is 1. The second kappa shape index (κ2) is 9.66. The van der Waals surface area contributed by atoms with Gasteiger partial charge in [0.1, 0.15) is 0 Å². The molecule has 0 radical (unpaired) electrons. The molecule has 1 atom stereocenters. The van der Waals surface area contributed by atoms with E-state index in [1.165, 1.54) is 35.7 Å². The van der Waals surface area contributed by atoms with Gasteiger partial charge in [-0.1, -0.05) is 12.5 Å². The number of piperidine rings is 1. The lowest BCUT2D eigenvalue weighted by molar-refractivity contribution is 0.0948. The van der Waals surface area contributed by atoms with Crippen LogP contribution in [-0.4, -0.2) is 62.3 Å². The largest absolute Gasteiger partial charge is 0.352 e. The molecular formula is C20H33N3O3S. The number of carbonyl (C=O) groups is 1. The minimum atomic E-state index is -3.59. The van der Waals surface area contributed by atoms with Gasteiger partial charge in [-0.2, -0.15) is 4.31 Å². The zero-order chi connectivity index (χ0) is 20.0. The Morgan fingerprint density at radius 2 is 2.07 bits per heavy atom. The summed E-state index contributed by atoms with van der Waals surface area (Å²) in [6.45, 7) is 8.60. The fourth-order valence-electron chi connectivity index (χ4n) is 3.32. The first-order valence-electron chi connectivity index (χ1n) is 9.84. The van der Waals surface area contributed by atoms with Crippen LogP contribution in [0.4, 0.5) is 0 Å². The molecule has 0 aliphatic carbocycles. The van der Waals surface area contributed by atoms with Crippen molar-refractivity contribution >= 4 is 15.9 Å². The van der Waals surface area contributed by atoms with Gasteiger partial charge < -0.3 is 10.2 Å². The summed E-state index contributed by atoms with van der Waals surface area (Å²) in [7, 11) is -2.04. The Hall–Kier alpha value is -1.44. The van der Waals surface area contributed by atoms with Crippen molar-refractivity contribution in [2.24, 2.45) is 0 Å². The highest BCUT2D eigenvalue weighted by Gasteiger charge is 2.24. The van der Waals surface area contributed by atoms with Crippen LogP contribution in [0.25, 0.3) is 0 Å². The Kier molecular flexibility index (Phi) is 7.82. The van der Waals surface area contributed by atoms with Crippen molar-refractivity contribution in [3.8, 4) is 0 Å². The van der Waals surface area contributed by atoms with Gasteiger partial charge in [-0.25, -0.2) is 8.42 Å². The number of hydrogen-bond donors (Lipinski definition) is 1. The fraction of sp³-hybridized carbons (Fsp3) is 0.650. The maximum Gasteiger partial charge on any atom is 0.251 e. The number of hydrogen-bond acceptors (Lipinski definition) is 4. The van der Waals surface area contributed by atoms with E-state index in [0.29, 0.717) is 18.2 Å². The first-order valence-corrected chi connectivity index (χ1v) is 11.3. The SMILES string of the molecule is CC1CCCCN1CCCNC(=O)c1cccc(S(=O)(=O)N(C)C(C)C)c1. The van der Waals surface area contributed by atoms with Gasteiger partial charge in [-0.15, -0.1) is 0 Å². The number of sulfonamides is 1. The first-order chi connectivity index (χ1) is 12.7. The Bertz CT molecular complexity index is 734. The second-order valence-electron chi connectivity index (χ2n) is 7.63. The number of carbonyl (C=O) groups excluding carboxylic acids is 1. The molecule has 1 aliphatic heterocycles. The third-order valence-corrected chi connectivity index (χ3v) is 7.38. The summed E-state index contributed by atoms with van der Waals surface area (Å²) < 4.78 is 26.5. The van der Waals surface area contributed by atoms with Crippen molar-refractivity contribution in [3.63, 3.8) is 0 Å². The molecule has 1 N–H and O–H groups in total. The molecule has 1 fully saturated rings. The molecule has 1 aromatic carbocycles. The highest BCUT2D eigenvalue weighted by Crippen LogP contribution is 2.18. The van der Waals surface area contributed by atoms with Crippen LogP contribution < -0.4 is 5.32 Å². The Balaban J connectivity index is 1.91. The summed E-state index contributed by atoms with van der Waals surface area (Å²) in [5, 5.41) is 2.91. The third kappa shape index (κ3) is 5.77. The maximum absolute atomic E-state index is 12.6. The van der Waals surface area contributed by atoms with E-state index in [1.807, 2.05) is 13.8 Å². The number of nitrogens with zero attached hydrogens (tertiary/aromatic N) is 2. The van der Waals surface area contributed by atoms with Crippen molar-refractivity contribution in [1.82, 2.24) is 14.5 Å². The molecule has 27 heavy (non-hydrogen) atoms. The van der Waals surface area contributed by atoms with Crippen LogP contribution in [0.3, 0.4) is 0 Å². The molecule has 1 aromatic rings. The number of likely N-dealkylation sites (tertiary alicyclic amines) is 1. The molecule has 2 rings (SSSR count). The van der Waals surface area contributed by atoms with Crippen molar-refractivity contribution in [1.29, 1.82) is 0 Å². The molecule has 0 aromatic heterocycles. The van der Waals surface area contributed by atoms with Gasteiger partial charge in [-0.05, 0) is 64.8 Å². The average Bonchev–Trinajstić information content (AvgIpc) is 2.65. The lowest BCUT2D eigenvalue weighted by Gasteiger charge is -2.33. The van der Waals surface area contributed by atoms with Gasteiger partial charge in [-0.3, -0.25) is 4.79 Å². The first kappa shape index (κ1) is 21.9. The van der Waals surface area contributed by atoms with Gasteiger partial charge in [0.15, 0.2) is 0 Å². The monoisotopic (exact) mass is 395 g/mol. The van der Waals surface area contributed by atoms with E-state index in [9.17, 15) is 13.2 Å². The molecule has 152 valence electrons. The van der Waals surface area contributed by atoms with E-state index < -0.39 is 10.0 Å². The van der Waals surface area contributed by atoms with Crippen LogP contribution in [0.15, 0.2) is 29.2 Å². The lowest BCUT2D eigenvalue weighted by atomic mass is 10.0. The second-order valence-corrected chi connectivity index (χ2v) is 9.63. The van der Waals surface area contributed by atoms with Crippen LogP contribution in [0.2, 0.25) is 0 Å². The van der Waals surface area contributed by atoms with Gasteiger partial charge in [0.2, 0.25) is 10.0 Å². The molecular weight excluding hydrogens is 362 g/mol. The zero-order valence-electron chi connectivity index (χ0n) is 16.9. The average molecular weight is 396 g/mol. The molecule has 1 amide bonds. The molecule has 6 nitrogen and oxygen atoms in total. The highest BCUT2D eigenvalue weighted by atomic mass is 32.2. The van der Waals surface area contributed by atoms with Crippen molar-refractivity contribution in [2.45, 2.75) is 63.4 Å². The quantitative estimate of drug-likeness (QED) is 0.687. The molecule has 1 unspecified atom stereocenters. The van der Waals surface area contributed by atoms with Crippen LogP contribution >= 0.6 is 0 Å². The summed E-state index contributed by atoms with van der Waals surface area (Å²) in [6.07, 6.45) is 4.70. The fourth-order valence-corrected chi connectivity index (χ4v) is 4.73. The molecule has 0 bridgehead atoms. The van der Waals surface area contributed by atoms with E-state index in [-0.39, 0.29) is 16.8 Å². The third-order valence-electron chi connectivity index (χ3n) is 5.35. The minimum Gasteiger partial charge on any atom is -0.352 e. The van der Waals surface area contributed by atoms with E-state index in [4.69, 9.17) is 0 Å². The summed E-state index contributed by atoms with van der Waals surface area (Å²) in [5.74, 6) is -0.231. The molecule has 0 spiro atoms. The van der Waals surface area contributed by atoms with Gasteiger partial charge >= 0.3 is 0 Å². The Morgan fingerprint density at radius 3 is 2.74 bits per heavy atom. The van der Waals surface area contributed by atoms with Gasteiger partial charge in [0.05, 0.1) is 4.90 Å². The standard InChI is InChI=1S/C20H33N3O3S/c1-16(2)22(4)27(25,26)19-11-7-10-18(15-19)20(24)21-12-8-14-23-13-6-5-9-17(23)3/h7,10-11,15-17H,5-6,8-9,12-14H2,1-4H3,(H,21,24). The molecule has 1 aliphatic rings. The summed E-state index contributed by atoms with van der Waals surface area (Å²) in [4.78, 5) is 15.0. The van der Waals surface area contributed by atoms with Crippen LogP contribution in [0.1, 0.15) is 56.8 Å². The van der Waals surface area contributed by atoms with Crippen LogP contribution in [-0.2, 0) is 10.0 Å². The topological polar surface area (TPSA) is 69.7 Å². The predicted molar refractivity (Wildman–Crippen MR) is 108 cm³/mol. The van der Waals surface area contributed by atoms with Crippen molar-refractivity contribution in [3.05, 3.63) is 29.8 Å². The van der Waals surface area contributed by atoms with Gasteiger partial charge in [0, 0.05) is 37.8 Å². The Labute approximate surface area is 164 Å². The van der Waals surface area contributed by atoms with E-state index in [2.05, 4.69) is 17.1 Å². The van der Waals surface area contributed by atoms with E-state index >= 15 is 0 Å². The van der Waals surface area contributed by atoms with E-state index in [0.717, 1.165) is 19.5 Å². The summed E-state index contributed by atoms with van der Waals surface area (Å²) >= 11 is 0. The minimum absolute atomic E-state index is 0.147. The van der Waals surface area contributed by atoms with Crippen LogP contribution in [0, 0.1) is 0 Å². The highest BCUT2D eigenvalue weighted by molar-refractivity contribution is 7.89.